The fourth-order valence-electron chi connectivity index (χ4n) is 2.36. The Hall–Kier alpha value is -0.788. The zero-order chi connectivity index (χ0) is 22.4. The number of benzene rings is 2. The highest BCUT2D eigenvalue weighted by molar-refractivity contribution is 7.54. The van der Waals surface area contributed by atoms with Gasteiger partial charge in [-0.3, -0.25) is 9.59 Å². The quantitative estimate of drug-likeness (QED) is 0.233. The van der Waals surface area contributed by atoms with Crippen LogP contribution in [-0.2, 0) is 4.79 Å². The highest BCUT2D eigenvalue weighted by Crippen LogP contribution is 2.36. The van der Waals surface area contributed by atoms with Crippen LogP contribution in [0.3, 0.4) is 0 Å². The van der Waals surface area contributed by atoms with Gasteiger partial charge in [-0.2, -0.15) is 0 Å². The van der Waals surface area contributed by atoms with Crippen molar-refractivity contribution in [2.24, 2.45) is 5.92 Å². The number of Topliss-reactive ketones (excluding diaryl/α,β-unsaturated/α-hetero) is 1. The summed E-state index contributed by atoms with van der Waals surface area (Å²) in [6.07, 6.45) is 1.68. The van der Waals surface area contributed by atoms with Gasteiger partial charge in [0.1, 0.15) is 0 Å². The van der Waals surface area contributed by atoms with E-state index in [0.29, 0.717) is 17.3 Å². The molecule has 2 nitrogen and oxygen atoms in total. The summed E-state index contributed by atoms with van der Waals surface area (Å²) in [4.78, 5) is 21.7. The predicted octanol–water partition coefficient (Wildman–Crippen LogP) is 7.71. The van der Waals surface area contributed by atoms with Gasteiger partial charge < -0.3 is 0 Å². The lowest BCUT2D eigenvalue weighted by atomic mass is 9.96. The van der Waals surface area contributed by atoms with Crippen LogP contribution >= 0.6 is 41.7 Å². The molecule has 1 aliphatic rings. The summed E-state index contributed by atoms with van der Waals surface area (Å²) in [6.45, 7) is 7.58. The van der Waals surface area contributed by atoms with Crippen molar-refractivity contribution in [3.63, 3.8) is 0 Å². The van der Waals surface area contributed by atoms with Crippen LogP contribution in [0.25, 0.3) is 0 Å². The minimum atomic E-state index is -1.72. The molecule has 2 unspecified atom stereocenters. The summed E-state index contributed by atoms with van der Waals surface area (Å²) in [5, 5.41) is -0.373. The van der Waals surface area contributed by atoms with Crippen molar-refractivity contribution in [3.05, 3.63) is 83.4 Å². The van der Waals surface area contributed by atoms with Crippen molar-refractivity contribution in [2.45, 2.75) is 33.6 Å². The number of rotatable bonds is 1. The van der Waals surface area contributed by atoms with Gasteiger partial charge in [-0.1, -0.05) is 80.6 Å². The molecule has 0 aliphatic heterocycles. The number of carbonyl (C=O) groups is 2. The van der Waals surface area contributed by atoms with Crippen molar-refractivity contribution in [3.8, 4) is 0 Å². The second-order valence-electron chi connectivity index (χ2n) is 6.18. The first-order valence-corrected chi connectivity index (χ1v) is 14.6. The Morgan fingerprint density at radius 2 is 1.31 bits per heavy atom. The third-order valence-electron chi connectivity index (χ3n) is 4.29. The van der Waals surface area contributed by atoms with Crippen molar-refractivity contribution < 1.29 is 9.59 Å². The molecular weight excluding hydrogens is 465 g/mol. The van der Waals surface area contributed by atoms with Crippen LogP contribution in [0.4, 0.5) is 0 Å². The van der Waals surface area contributed by atoms with E-state index in [-0.39, 0.29) is 11.2 Å². The number of ketones is 1. The Kier molecular flexibility index (Phi) is 15.5. The van der Waals surface area contributed by atoms with E-state index in [0.717, 1.165) is 5.56 Å². The third-order valence-corrected chi connectivity index (χ3v) is 4.59. The van der Waals surface area contributed by atoms with Gasteiger partial charge in [-0.05, 0) is 36.9 Å². The molecule has 0 bridgehead atoms. The van der Waals surface area contributed by atoms with Crippen LogP contribution in [0.1, 0.15) is 49.5 Å². The smallest absolute Gasteiger partial charge is 0.294 e. The molecule has 7 heteroatoms. The Balaban J connectivity index is 0.000000397. The topological polar surface area (TPSA) is 34.1 Å². The number of fused-ring (bicyclic) bond motifs is 1. The maximum atomic E-state index is 11.6. The molecule has 0 aromatic heterocycles. The number of allylic oxidation sites excluding steroid dienone is 2. The maximum absolute atomic E-state index is 11.6. The van der Waals surface area contributed by atoms with E-state index < -0.39 is 11.4 Å². The van der Waals surface area contributed by atoms with Crippen LogP contribution in [-0.4, -0.2) is 22.4 Å². The van der Waals surface area contributed by atoms with E-state index in [4.69, 9.17) is 41.7 Å². The molecule has 0 heterocycles. The molecule has 2 atom stereocenters. The van der Waals surface area contributed by atoms with Gasteiger partial charge in [-0.25, -0.2) is 30.1 Å². The second-order valence-corrected chi connectivity index (χ2v) is 13.0. The Morgan fingerprint density at radius 1 is 0.897 bits per heavy atom. The van der Waals surface area contributed by atoms with Gasteiger partial charge in [0.25, 0.3) is 0 Å². The van der Waals surface area contributed by atoms with Crippen LogP contribution in [0.5, 0.6) is 0 Å². The van der Waals surface area contributed by atoms with Crippen molar-refractivity contribution in [2.75, 3.05) is 0 Å². The zero-order valence-electron chi connectivity index (χ0n) is 16.9. The molecule has 29 heavy (non-hydrogen) atoms. The van der Waals surface area contributed by atoms with Crippen LogP contribution in [0, 0.1) is 5.92 Å². The number of halogens is 4. The normalized spacial score (nSPS) is 16.7. The summed E-state index contributed by atoms with van der Waals surface area (Å²) in [5.41, 5.74) is 2.74. The molecular formula is C22H25AlCl4O2. The molecule has 0 saturated heterocycles. The van der Waals surface area contributed by atoms with Gasteiger partial charge in [-0.15, -0.1) is 0 Å². The summed E-state index contributed by atoms with van der Waals surface area (Å²) in [7, 11) is 14.8. The largest absolute Gasteiger partial charge is 0.643 e. The Bertz CT molecular complexity index is 750. The fourth-order valence-corrected chi connectivity index (χ4v) is 2.47. The highest BCUT2D eigenvalue weighted by Gasteiger charge is 2.32. The molecule has 0 amide bonds. The van der Waals surface area contributed by atoms with Crippen LogP contribution in [0.15, 0.2) is 72.3 Å². The summed E-state index contributed by atoms with van der Waals surface area (Å²) >= 11 is 3.30. The molecule has 2 aromatic rings. The van der Waals surface area contributed by atoms with E-state index in [9.17, 15) is 9.59 Å². The Morgan fingerprint density at radius 3 is 1.62 bits per heavy atom. The predicted molar refractivity (Wildman–Crippen MR) is 128 cm³/mol. The summed E-state index contributed by atoms with van der Waals surface area (Å²) < 4.78 is 0. The first-order valence-electron chi connectivity index (χ1n) is 9.01. The second kappa shape index (κ2) is 16.0. The molecule has 0 radical (unpaired) electrons. The van der Waals surface area contributed by atoms with Gasteiger partial charge in [0.05, 0.1) is 0 Å². The highest BCUT2D eigenvalue weighted by atomic mass is 35.8. The van der Waals surface area contributed by atoms with Crippen molar-refractivity contribution >= 4 is 64.2 Å². The minimum absolute atomic E-state index is 0.169. The van der Waals surface area contributed by atoms with Gasteiger partial charge in [0, 0.05) is 17.1 Å². The molecule has 0 fully saturated rings. The standard InChI is InChI=1S/C11H12O.C6H6.C5H7ClO.Al.3ClH/c1-7-8(2)11(12)10-6-4-3-5-9(7)10;1-2-4-6-5-3-1;1-3-4(2)5(6)7;;;;/h3-8H,1-2H3;1-6H;3H,1-2H3;;3*1H/q;;;+3;;;/p-3/b;;4-3-;;;;. The van der Waals surface area contributed by atoms with Crippen molar-refractivity contribution in [1.29, 1.82) is 0 Å². The van der Waals surface area contributed by atoms with Gasteiger partial charge >= 0.3 is 11.4 Å². The first kappa shape index (κ1) is 28.2. The molecule has 0 saturated carbocycles. The zero-order valence-corrected chi connectivity index (χ0v) is 21.1. The number of carbonyl (C=O) groups excluding carboxylic acids is 2. The third kappa shape index (κ3) is 11.8. The monoisotopic (exact) mass is 488 g/mol. The van der Waals surface area contributed by atoms with Crippen molar-refractivity contribution in [1.82, 2.24) is 0 Å². The average molecular weight is 490 g/mol. The first-order chi connectivity index (χ1) is 13.6. The Labute approximate surface area is 195 Å². The summed E-state index contributed by atoms with van der Waals surface area (Å²) in [5.74, 6) is 0.870. The molecule has 2 aromatic carbocycles. The number of hydrogen-bond acceptors (Lipinski definition) is 2. The molecule has 0 N–H and O–H groups in total. The van der Waals surface area contributed by atoms with Gasteiger partial charge in [0.15, 0.2) is 5.78 Å². The lowest BCUT2D eigenvalue weighted by molar-refractivity contribution is -0.108. The maximum Gasteiger partial charge on any atom is 0.643 e. The van der Waals surface area contributed by atoms with E-state index in [1.165, 1.54) is 5.56 Å². The van der Waals surface area contributed by atoms with Crippen LogP contribution < -0.4 is 0 Å². The van der Waals surface area contributed by atoms with E-state index in [1.54, 1.807) is 19.9 Å². The molecule has 1 aliphatic carbocycles. The lowest BCUT2D eigenvalue weighted by Crippen LogP contribution is -2.06. The lowest BCUT2D eigenvalue weighted by Gasteiger charge is -2.06. The van der Waals surface area contributed by atoms with E-state index in [1.807, 2.05) is 61.5 Å². The summed E-state index contributed by atoms with van der Waals surface area (Å²) in [6, 6.07) is 19.9. The number of hydrogen-bond donors (Lipinski definition) is 0. The SMILES string of the molecule is C/C=C(/C)C(=O)Cl.CC1C(=O)c2ccccc2C1C.[Cl][Al]([Cl])[Cl].c1ccccc1. The van der Waals surface area contributed by atoms with Crippen LogP contribution in [0.2, 0.25) is 0 Å². The minimum Gasteiger partial charge on any atom is -0.294 e. The molecule has 156 valence electrons. The van der Waals surface area contributed by atoms with E-state index >= 15 is 0 Å². The van der Waals surface area contributed by atoms with E-state index in [2.05, 4.69) is 13.0 Å². The molecule has 3 rings (SSSR count). The molecule has 0 spiro atoms. The fraction of sp³-hybridized carbons (Fsp3) is 0.273. The average Bonchev–Trinajstić information content (AvgIpc) is 2.93. The van der Waals surface area contributed by atoms with Gasteiger partial charge in [0.2, 0.25) is 5.24 Å².